The first-order valence-corrected chi connectivity index (χ1v) is 5.94. The number of thioether (sulfide) groups is 1. The van der Waals surface area contributed by atoms with E-state index in [1.165, 1.54) is 6.33 Å². The van der Waals surface area contributed by atoms with E-state index in [0.29, 0.717) is 27.5 Å². The Morgan fingerprint density at radius 3 is 2.41 bits per heavy atom. The molecule has 0 aliphatic heterocycles. The van der Waals surface area contributed by atoms with Crippen molar-refractivity contribution in [1.82, 2.24) is 9.97 Å². The largest absolute Gasteiger partial charge is 0.288 e. The monoisotopic (exact) mass is 272 g/mol. The van der Waals surface area contributed by atoms with Crippen LogP contribution in [0.3, 0.4) is 0 Å². The summed E-state index contributed by atoms with van der Waals surface area (Å²) in [4.78, 5) is 8.34. The zero-order valence-corrected chi connectivity index (χ0v) is 10.1. The van der Waals surface area contributed by atoms with Gasteiger partial charge in [-0.05, 0) is 12.1 Å². The highest BCUT2D eigenvalue weighted by Gasteiger charge is 2.06. The number of halogens is 3. The van der Waals surface area contributed by atoms with Gasteiger partial charge < -0.3 is 0 Å². The minimum absolute atomic E-state index is 0.348. The second-order valence-corrected chi connectivity index (χ2v) is 4.58. The lowest BCUT2D eigenvalue weighted by atomic mass is 10.1. The van der Waals surface area contributed by atoms with Crippen molar-refractivity contribution in [2.75, 3.05) is 0 Å². The highest BCUT2D eigenvalue weighted by atomic mass is 35.5. The van der Waals surface area contributed by atoms with Crippen molar-refractivity contribution in [2.24, 2.45) is 0 Å². The third-order valence-corrected chi connectivity index (χ3v) is 2.94. The van der Waals surface area contributed by atoms with Crippen molar-refractivity contribution >= 4 is 23.4 Å². The van der Waals surface area contributed by atoms with Crippen LogP contribution in [0.4, 0.5) is 8.78 Å². The highest BCUT2D eigenvalue weighted by molar-refractivity contribution is 7.99. The molecule has 0 N–H and O–H groups in total. The van der Waals surface area contributed by atoms with E-state index in [-0.39, 0.29) is 0 Å². The van der Waals surface area contributed by atoms with Crippen molar-refractivity contribution in [1.29, 1.82) is 0 Å². The fraction of sp³-hybridized carbons (Fsp3) is 0.0909. The van der Waals surface area contributed by atoms with Crippen LogP contribution in [0, 0.1) is 0 Å². The summed E-state index contributed by atoms with van der Waals surface area (Å²) < 4.78 is 24.2. The van der Waals surface area contributed by atoms with Crippen LogP contribution in [0.1, 0.15) is 0 Å². The molecule has 0 bridgehead atoms. The molecule has 88 valence electrons. The summed E-state index contributed by atoms with van der Waals surface area (Å²) in [6, 6.07) is 8.33. The summed E-state index contributed by atoms with van der Waals surface area (Å²) in [6.07, 6.45) is 1.36. The summed E-state index contributed by atoms with van der Waals surface area (Å²) in [5.41, 5.74) is 1.48. The highest BCUT2D eigenvalue weighted by Crippen LogP contribution is 2.27. The van der Waals surface area contributed by atoms with Crippen LogP contribution < -0.4 is 0 Å². The number of hydrogen-bond donors (Lipinski definition) is 0. The second-order valence-electron chi connectivity index (χ2n) is 3.13. The maximum absolute atomic E-state index is 12.1. The molecule has 2 aromatic rings. The molecule has 0 radical (unpaired) electrons. The second kappa shape index (κ2) is 5.42. The average molecular weight is 273 g/mol. The fourth-order valence-electron chi connectivity index (χ4n) is 1.30. The van der Waals surface area contributed by atoms with Gasteiger partial charge in [-0.2, -0.15) is 8.78 Å². The molecule has 0 saturated heterocycles. The number of nitrogens with zero attached hydrogens (tertiary/aromatic N) is 2. The molecule has 1 aromatic heterocycles. The Kier molecular flexibility index (Phi) is 3.91. The van der Waals surface area contributed by atoms with E-state index >= 15 is 0 Å². The maximum atomic E-state index is 12.1. The quantitative estimate of drug-likeness (QED) is 0.621. The maximum Gasteiger partial charge on any atom is 0.288 e. The normalized spacial score (nSPS) is 10.8. The fourth-order valence-corrected chi connectivity index (χ4v) is 1.94. The van der Waals surface area contributed by atoms with Gasteiger partial charge >= 0.3 is 0 Å². The zero-order chi connectivity index (χ0) is 12.3. The summed E-state index contributed by atoms with van der Waals surface area (Å²) >= 11 is 6.25. The van der Waals surface area contributed by atoms with E-state index in [1.54, 1.807) is 30.3 Å². The minimum Gasteiger partial charge on any atom is -0.236 e. The Hall–Kier alpha value is -1.20. The van der Waals surface area contributed by atoms with Crippen molar-refractivity contribution in [3.8, 4) is 11.3 Å². The lowest BCUT2D eigenvalue weighted by molar-refractivity contribution is 0.252. The predicted molar refractivity (Wildman–Crippen MR) is 64.3 cm³/mol. The molecular weight excluding hydrogens is 266 g/mol. The van der Waals surface area contributed by atoms with Gasteiger partial charge in [0.05, 0.1) is 5.69 Å². The van der Waals surface area contributed by atoms with Gasteiger partial charge in [0.15, 0.2) is 0 Å². The summed E-state index contributed by atoms with van der Waals surface area (Å²) in [5.74, 6) is -2.41. The molecular formula is C11H7ClF2N2S. The molecule has 0 spiro atoms. The SMILES string of the molecule is FC(F)Sc1ccc(-c2cc(Cl)ncn2)cc1. The Morgan fingerprint density at radius 2 is 1.82 bits per heavy atom. The van der Waals surface area contributed by atoms with E-state index in [4.69, 9.17) is 11.6 Å². The lowest BCUT2D eigenvalue weighted by Crippen LogP contribution is -1.86. The molecule has 6 heteroatoms. The van der Waals surface area contributed by atoms with E-state index < -0.39 is 5.76 Å². The smallest absolute Gasteiger partial charge is 0.236 e. The first kappa shape index (κ1) is 12.3. The molecule has 0 aliphatic carbocycles. The molecule has 0 unspecified atom stereocenters. The number of rotatable bonds is 3. The number of benzene rings is 1. The van der Waals surface area contributed by atoms with Crippen LogP contribution in [0.15, 0.2) is 41.6 Å². The number of alkyl halides is 2. The summed E-state index contributed by atoms with van der Waals surface area (Å²) in [7, 11) is 0. The molecule has 2 nitrogen and oxygen atoms in total. The minimum atomic E-state index is -2.41. The standard InChI is InChI=1S/C11H7ClF2N2S/c12-10-5-9(15-6-16-10)7-1-3-8(4-2-7)17-11(13)14/h1-6,11H. The van der Waals surface area contributed by atoms with Gasteiger partial charge in [0.2, 0.25) is 0 Å². The third kappa shape index (κ3) is 3.38. The van der Waals surface area contributed by atoms with Gasteiger partial charge in [0, 0.05) is 16.5 Å². The third-order valence-electron chi connectivity index (χ3n) is 2.01. The van der Waals surface area contributed by atoms with E-state index in [9.17, 15) is 8.78 Å². The van der Waals surface area contributed by atoms with Crippen LogP contribution in [0.5, 0.6) is 0 Å². The molecule has 1 aromatic carbocycles. The molecule has 0 amide bonds. The Bertz CT molecular complexity index is 505. The molecule has 0 fully saturated rings. The average Bonchev–Trinajstić information content (AvgIpc) is 2.29. The van der Waals surface area contributed by atoms with Crippen LogP contribution in [0.25, 0.3) is 11.3 Å². The van der Waals surface area contributed by atoms with Crippen LogP contribution in [-0.2, 0) is 0 Å². The van der Waals surface area contributed by atoms with E-state index in [0.717, 1.165) is 5.56 Å². The van der Waals surface area contributed by atoms with Crippen LogP contribution >= 0.6 is 23.4 Å². The predicted octanol–water partition coefficient (Wildman–Crippen LogP) is 4.11. The summed E-state index contributed by atoms with van der Waals surface area (Å²) in [6.45, 7) is 0. The molecule has 2 rings (SSSR count). The molecule has 17 heavy (non-hydrogen) atoms. The van der Waals surface area contributed by atoms with Gasteiger partial charge in [-0.25, -0.2) is 9.97 Å². The topological polar surface area (TPSA) is 25.8 Å². The number of hydrogen-bond acceptors (Lipinski definition) is 3. The van der Waals surface area contributed by atoms with Gasteiger partial charge in [0.25, 0.3) is 5.76 Å². The number of aromatic nitrogens is 2. The van der Waals surface area contributed by atoms with E-state index in [1.807, 2.05) is 0 Å². The Labute approximate surface area is 106 Å². The van der Waals surface area contributed by atoms with Crippen molar-refractivity contribution < 1.29 is 8.78 Å². The first-order valence-electron chi connectivity index (χ1n) is 4.68. The lowest BCUT2D eigenvalue weighted by Gasteiger charge is -2.03. The molecule has 0 aliphatic rings. The zero-order valence-electron chi connectivity index (χ0n) is 8.48. The molecule has 0 atom stereocenters. The Morgan fingerprint density at radius 1 is 1.12 bits per heavy atom. The van der Waals surface area contributed by atoms with Gasteiger partial charge in [-0.3, -0.25) is 0 Å². The van der Waals surface area contributed by atoms with Crippen LogP contribution in [0.2, 0.25) is 5.15 Å². The van der Waals surface area contributed by atoms with Gasteiger partial charge in [0.1, 0.15) is 11.5 Å². The first-order chi connectivity index (χ1) is 8.15. The Balaban J connectivity index is 2.23. The van der Waals surface area contributed by atoms with Crippen molar-refractivity contribution in [3.05, 3.63) is 41.8 Å². The van der Waals surface area contributed by atoms with Crippen molar-refractivity contribution in [3.63, 3.8) is 0 Å². The summed E-state index contributed by atoms with van der Waals surface area (Å²) in [5, 5.41) is 0.348. The van der Waals surface area contributed by atoms with Crippen molar-refractivity contribution in [2.45, 2.75) is 10.7 Å². The molecule has 1 heterocycles. The van der Waals surface area contributed by atoms with Gasteiger partial charge in [-0.15, -0.1) is 0 Å². The van der Waals surface area contributed by atoms with E-state index in [2.05, 4.69) is 9.97 Å². The van der Waals surface area contributed by atoms with Gasteiger partial charge in [-0.1, -0.05) is 35.5 Å². The molecule has 0 saturated carbocycles. The van der Waals surface area contributed by atoms with Crippen LogP contribution in [-0.4, -0.2) is 15.7 Å².